The van der Waals surface area contributed by atoms with Crippen LogP contribution in [-0.2, 0) is 17.8 Å². The molecule has 126 valence electrons. The second-order valence-corrected chi connectivity index (χ2v) is 6.00. The number of ether oxygens (including phenoxy) is 1. The van der Waals surface area contributed by atoms with Crippen molar-refractivity contribution in [3.05, 3.63) is 64.8 Å². The van der Waals surface area contributed by atoms with Gasteiger partial charge in [0.2, 0.25) is 0 Å². The van der Waals surface area contributed by atoms with E-state index in [9.17, 15) is 9.59 Å². The fraction of sp³-hybridized carbons (Fsp3) is 0.158. The van der Waals surface area contributed by atoms with Crippen LogP contribution in [0.4, 0.5) is 5.69 Å². The lowest BCUT2D eigenvalue weighted by Gasteiger charge is -2.09. The molecule has 6 nitrogen and oxygen atoms in total. The highest BCUT2D eigenvalue weighted by Gasteiger charge is 2.17. The first-order valence-electron chi connectivity index (χ1n) is 7.99. The molecule has 3 N–H and O–H groups in total. The molecule has 2 heterocycles. The number of carbonyl (C=O) groups excluding carboxylic acids is 2. The summed E-state index contributed by atoms with van der Waals surface area (Å²) in [7, 11) is 1.33. The monoisotopic (exact) mass is 335 g/mol. The number of hydrogen-bond donors (Lipinski definition) is 3. The molecule has 0 bridgehead atoms. The normalized spacial score (nSPS) is 12.8. The molecule has 0 aliphatic carbocycles. The van der Waals surface area contributed by atoms with Crippen molar-refractivity contribution in [2.24, 2.45) is 0 Å². The Labute approximate surface area is 144 Å². The molecule has 0 radical (unpaired) electrons. The summed E-state index contributed by atoms with van der Waals surface area (Å²) < 4.78 is 4.83. The predicted octanol–water partition coefficient (Wildman–Crippen LogP) is 2.81. The number of anilines is 1. The number of methoxy groups -OCH3 is 1. The van der Waals surface area contributed by atoms with Gasteiger partial charge in [-0.25, -0.2) is 4.79 Å². The first-order chi connectivity index (χ1) is 12.2. The van der Waals surface area contributed by atoms with Gasteiger partial charge in [-0.05, 0) is 41.5 Å². The van der Waals surface area contributed by atoms with Crippen molar-refractivity contribution in [2.75, 3.05) is 12.4 Å². The molecule has 0 spiro atoms. The lowest BCUT2D eigenvalue weighted by Crippen LogP contribution is -2.13. The molecule has 0 unspecified atom stereocenters. The number of hydrogen-bond acceptors (Lipinski definition) is 4. The van der Waals surface area contributed by atoms with E-state index >= 15 is 0 Å². The minimum atomic E-state index is -0.470. The number of amides is 1. The highest BCUT2D eigenvalue weighted by molar-refractivity contribution is 6.11. The number of rotatable bonds is 3. The van der Waals surface area contributed by atoms with Crippen LogP contribution in [0.5, 0.6) is 0 Å². The Morgan fingerprint density at radius 3 is 2.76 bits per heavy atom. The SMILES string of the molecule is COC(=O)c1cc(C(=O)Nc2ccc3c(c2)CNC3)cc2[nH]ccc12. The summed E-state index contributed by atoms with van der Waals surface area (Å²) in [6.45, 7) is 1.66. The van der Waals surface area contributed by atoms with E-state index in [0.717, 1.165) is 24.2 Å². The molecular weight excluding hydrogens is 318 g/mol. The third-order valence-corrected chi connectivity index (χ3v) is 4.43. The van der Waals surface area contributed by atoms with Gasteiger partial charge in [-0.1, -0.05) is 6.07 Å². The van der Waals surface area contributed by atoms with Gasteiger partial charge < -0.3 is 20.4 Å². The summed E-state index contributed by atoms with van der Waals surface area (Å²) >= 11 is 0. The molecule has 1 aliphatic rings. The third kappa shape index (κ3) is 2.77. The van der Waals surface area contributed by atoms with Crippen LogP contribution in [0, 0.1) is 0 Å². The van der Waals surface area contributed by atoms with Gasteiger partial charge >= 0.3 is 5.97 Å². The van der Waals surface area contributed by atoms with Crippen molar-refractivity contribution >= 4 is 28.5 Å². The van der Waals surface area contributed by atoms with Gasteiger partial charge in [0.25, 0.3) is 5.91 Å². The van der Waals surface area contributed by atoms with E-state index in [-0.39, 0.29) is 5.91 Å². The first kappa shape index (κ1) is 15.4. The molecule has 0 saturated carbocycles. The average Bonchev–Trinajstić information content (AvgIpc) is 3.28. The molecule has 0 saturated heterocycles. The number of carbonyl (C=O) groups is 2. The van der Waals surface area contributed by atoms with Crippen molar-refractivity contribution in [3.63, 3.8) is 0 Å². The number of benzene rings is 2. The number of nitrogens with one attached hydrogen (secondary N) is 3. The molecule has 25 heavy (non-hydrogen) atoms. The number of fused-ring (bicyclic) bond motifs is 2. The Morgan fingerprint density at radius 1 is 1.08 bits per heavy atom. The van der Waals surface area contributed by atoms with Crippen LogP contribution in [-0.4, -0.2) is 24.0 Å². The fourth-order valence-electron chi connectivity index (χ4n) is 3.15. The molecule has 1 aliphatic heterocycles. The Kier molecular flexibility index (Phi) is 3.74. The Morgan fingerprint density at radius 2 is 1.92 bits per heavy atom. The minimum absolute atomic E-state index is 0.271. The van der Waals surface area contributed by atoms with Crippen molar-refractivity contribution in [1.82, 2.24) is 10.3 Å². The summed E-state index contributed by atoms with van der Waals surface area (Å²) in [5.41, 5.74) is 4.65. The molecule has 0 fully saturated rings. The van der Waals surface area contributed by atoms with Crippen LogP contribution >= 0.6 is 0 Å². The van der Waals surface area contributed by atoms with Gasteiger partial charge in [0, 0.05) is 41.4 Å². The summed E-state index contributed by atoms with van der Waals surface area (Å²) in [5, 5.41) is 6.90. The van der Waals surface area contributed by atoms with Crippen LogP contribution in [0.3, 0.4) is 0 Å². The molecule has 1 amide bonds. The van der Waals surface area contributed by atoms with E-state index in [4.69, 9.17) is 4.74 Å². The first-order valence-corrected chi connectivity index (χ1v) is 7.99. The lowest BCUT2D eigenvalue weighted by atomic mass is 10.0. The molecule has 0 atom stereocenters. The smallest absolute Gasteiger partial charge is 0.338 e. The fourth-order valence-corrected chi connectivity index (χ4v) is 3.15. The van der Waals surface area contributed by atoms with Crippen LogP contribution in [0.25, 0.3) is 10.9 Å². The van der Waals surface area contributed by atoms with Crippen LogP contribution < -0.4 is 10.6 Å². The summed E-state index contributed by atoms with van der Waals surface area (Å²) in [6.07, 6.45) is 1.73. The Bertz CT molecular complexity index is 991. The maximum Gasteiger partial charge on any atom is 0.338 e. The number of H-pyrrole nitrogens is 1. The van der Waals surface area contributed by atoms with Crippen molar-refractivity contribution < 1.29 is 14.3 Å². The zero-order valence-corrected chi connectivity index (χ0v) is 13.7. The second kappa shape index (κ2) is 6.07. The Balaban J connectivity index is 1.67. The van der Waals surface area contributed by atoms with Crippen molar-refractivity contribution in [3.8, 4) is 0 Å². The number of aromatic amines is 1. The molecule has 4 rings (SSSR count). The number of aromatic nitrogens is 1. The molecule has 1 aromatic heterocycles. The number of esters is 1. The van der Waals surface area contributed by atoms with E-state index in [1.54, 1.807) is 24.4 Å². The topological polar surface area (TPSA) is 83.2 Å². The van der Waals surface area contributed by atoms with Crippen molar-refractivity contribution in [1.29, 1.82) is 0 Å². The molecule has 2 aromatic carbocycles. The molecular formula is C19H17N3O3. The van der Waals surface area contributed by atoms with Gasteiger partial charge in [-0.3, -0.25) is 4.79 Å². The molecule has 6 heteroatoms. The van der Waals surface area contributed by atoms with Gasteiger partial charge in [-0.15, -0.1) is 0 Å². The second-order valence-electron chi connectivity index (χ2n) is 6.00. The minimum Gasteiger partial charge on any atom is -0.465 e. The van der Waals surface area contributed by atoms with Gasteiger partial charge in [-0.2, -0.15) is 0 Å². The molecule has 3 aromatic rings. The zero-order valence-electron chi connectivity index (χ0n) is 13.7. The Hall–Kier alpha value is -3.12. The van der Waals surface area contributed by atoms with E-state index in [1.165, 1.54) is 18.2 Å². The average molecular weight is 335 g/mol. The van der Waals surface area contributed by atoms with Crippen LogP contribution in [0.1, 0.15) is 31.8 Å². The van der Waals surface area contributed by atoms with Crippen LogP contribution in [0.2, 0.25) is 0 Å². The van der Waals surface area contributed by atoms with E-state index in [0.29, 0.717) is 16.6 Å². The zero-order chi connectivity index (χ0) is 17.4. The summed E-state index contributed by atoms with van der Waals surface area (Å²) in [6, 6.07) is 11.0. The van der Waals surface area contributed by atoms with E-state index < -0.39 is 5.97 Å². The van der Waals surface area contributed by atoms with Gasteiger partial charge in [0.15, 0.2) is 0 Å². The highest BCUT2D eigenvalue weighted by Crippen LogP contribution is 2.23. The largest absolute Gasteiger partial charge is 0.465 e. The third-order valence-electron chi connectivity index (χ3n) is 4.43. The maximum absolute atomic E-state index is 12.7. The van der Waals surface area contributed by atoms with Gasteiger partial charge in [0.1, 0.15) is 0 Å². The van der Waals surface area contributed by atoms with Gasteiger partial charge in [0.05, 0.1) is 12.7 Å². The standard InChI is InChI=1S/C19H17N3O3/c1-25-19(24)16-7-12(8-17-15(16)4-5-21-17)18(23)22-14-3-2-11-9-20-10-13(11)6-14/h2-8,20-21H,9-10H2,1H3,(H,22,23). The highest BCUT2D eigenvalue weighted by atomic mass is 16.5. The van der Waals surface area contributed by atoms with E-state index in [1.807, 2.05) is 18.2 Å². The maximum atomic E-state index is 12.7. The quantitative estimate of drug-likeness (QED) is 0.643. The lowest BCUT2D eigenvalue weighted by molar-refractivity contribution is 0.0603. The van der Waals surface area contributed by atoms with Crippen molar-refractivity contribution in [2.45, 2.75) is 13.1 Å². The summed E-state index contributed by atoms with van der Waals surface area (Å²) in [5.74, 6) is -0.740. The summed E-state index contributed by atoms with van der Waals surface area (Å²) in [4.78, 5) is 27.7. The van der Waals surface area contributed by atoms with Crippen LogP contribution in [0.15, 0.2) is 42.6 Å². The van der Waals surface area contributed by atoms with E-state index in [2.05, 4.69) is 15.6 Å². The predicted molar refractivity (Wildman–Crippen MR) is 94.6 cm³/mol.